The molecule has 0 saturated heterocycles. The quantitative estimate of drug-likeness (QED) is 0.466. The summed E-state index contributed by atoms with van der Waals surface area (Å²) in [6, 6.07) is 15.3. The lowest BCUT2D eigenvalue weighted by atomic mass is 9.97. The van der Waals surface area contributed by atoms with Gasteiger partial charge in [-0.1, -0.05) is 24.3 Å². The fraction of sp³-hybridized carbons (Fsp3) is 0.292. The minimum atomic E-state index is -0.918. The highest BCUT2D eigenvalue weighted by Gasteiger charge is 2.26. The van der Waals surface area contributed by atoms with E-state index in [0.29, 0.717) is 27.8 Å². The number of Topliss-reactive ketones (excluding diaryl/α,β-unsaturated/α-hetero) is 1. The molecule has 0 amide bonds. The maximum absolute atomic E-state index is 13.0. The number of methoxy groups -OCH3 is 2. The summed E-state index contributed by atoms with van der Waals surface area (Å²) in [6.45, 7) is 0. The van der Waals surface area contributed by atoms with Crippen LogP contribution in [0.2, 0.25) is 0 Å². The van der Waals surface area contributed by atoms with Crippen LogP contribution in [0.3, 0.4) is 0 Å². The maximum atomic E-state index is 13.0. The van der Waals surface area contributed by atoms with E-state index in [1.807, 2.05) is 47.8 Å². The Hall–Kier alpha value is -3.17. The molecule has 0 N–H and O–H groups in total. The zero-order valence-corrected chi connectivity index (χ0v) is 17.7. The van der Waals surface area contributed by atoms with Gasteiger partial charge in [-0.2, -0.15) is 5.26 Å². The molecule has 1 aromatic heterocycles. The minimum Gasteiger partial charge on any atom is -0.493 e. The molecule has 1 atom stereocenters. The van der Waals surface area contributed by atoms with Gasteiger partial charge in [0.2, 0.25) is 0 Å². The van der Waals surface area contributed by atoms with E-state index in [2.05, 4.69) is 11.1 Å². The van der Waals surface area contributed by atoms with E-state index in [-0.39, 0.29) is 5.78 Å². The first-order valence-corrected chi connectivity index (χ1v) is 10.7. The van der Waals surface area contributed by atoms with Gasteiger partial charge in [-0.25, -0.2) is 4.98 Å². The molecule has 1 aliphatic carbocycles. The van der Waals surface area contributed by atoms with Crippen molar-refractivity contribution in [3.63, 3.8) is 0 Å². The molecule has 0 radical (unpaired) electrons. The Morgan fingerprint density at radius 3 is 2.53 bits per heavy atom. The molecule has 1 saturated carbocycles. The molecule has 1 fully saturated rings. The summed E-state index contributed by atoms with van der Waals surface area (Å²) in [6.07, 6.45) is 3.66. The molecular formula is C24H22N2O3S. The van der Waals surface area contributed by atoms with E-state index in [1.54, 1.807) is 14.2 Å². The van der Waals surface area contributed by atoms with Crippen molar-refractivity contribution in [2.75, 3.05) is 14.2 Å². The van der Waals surface area contributed by atoms with Crippen LogP contribution < -0.4 is 9.47 Å². The monoisotopic (exact) mass is 418 g/mol. The van der Waals surface area contributed by atoms with Crippen molar-refractivity contribution in [3.8, 4) is 28.8 Å². The van der Waals surface area contributed by atoms with Gasteiger partial charge in [-0.05, 0) is 48.9 Å². The number of carbonyl (C=O) groups is 1. The number of ether oxygens (including phenoxy) is 2. The lowest BCUT2D eigenvalue weighted by molar-refractivity contribution is 0.0979. The summed E-state index contributed by atoms with van der Waals surface area (Å²) >= 11 is 1.32. The Bertz CT molecular complexity index is 1090. The number of carbonyl (C=O) groups excluding carboxylic acids is 1. The average molecular weight is 419 g/mol. The van der Waals surface area contributed by atoms with Crippen LogP contribution in [0, 0.1) is 17.2 Å². The van der Waals surface area contributed by atoms with Crippen molar-refractivity contribution in [1.82, 2.24) is 4.98 Å². The van der Waals surface area contributed by atoms with Crippen LogP contribution in [-0.4, -0.2) is 25.0 Å². The molecule has 1 aliphatic rings. The van der Waals surface area contributed by atoms with Gasteiger partial charge in [0.1, 0.15) is 5.01 Å². The first-order valence-electron chi connectivity index (χ1n) is 9.83. The molecular weight excluding hydrogens is 396 g/mol. The minimum absolute atomic E-state index is 0.219. The number of hydrogen-bond donors (Lipinski definition) is 0. The van der Waals surface area contributed by atoms with Crippen molar-refractivity contribution in [3.05, 3.63) is 64.0 Å². The molecule has 30 heavy (non-hydrogen) atoms. The lowest BCUT2D eigenvalue weighted by Crippen LogP contribution is -2.11. The first kappa shape index (κ1) is 20.1. The van der Waals surface area contributed by atoms with Crippen LogP contribution in [0.1, 0.15) is 39.7 Å². The highest BCUT2D eigenvalue weighted by molar-refractivity contribution is 7.10. The summed E-state index contributed by atoms with van der Waals surface area (Å²) < 4.78 is 10.6. The van der Waals surface area contributed by atoms with Crippen molar-refractivity contribution >= 4 is 17.1 Å². The van der Waals surface area contributed by atoms with Gasteiger partial charge in [0.25, 0.3) is 0 Å². The van der Waals surface area contributed by atoms with Crippen molar-refractivity contribution in [1.29, 1.82) is 5.26 Å². The molecule has 152 valence electrons. The summed E-state index contributed by atoms with van der Waals surface area (Å²) in [5.41, 5.74) is 3.32. The second kappa shape index (κ2) is 8.68. The first-order chi connectivity index (χ1) is 14.6. The fourth-order valence-corrected chi connectivity index (χ4v) is 4.27. The van der Waals surface area contributed by atoms with Crippen LogP contribution in [0.25, 0.3) is 11.3 Å². The summed E-state index contributed by atoms with van der Waals surface area (Å²) in [4.78, 5) is 17.5. The Balaban J connectivity index is 1.54. The van der Waals surface area contributed by atoms with E-state index in [9.17, 15) is 10.1 Å². The Morgan fingerprint density at radius 2 is 1.90 bits per heavy atom. The van der Waals surface area contributed by atoms with E-state index in [4.69, 9.17) is 9.47 Å². The zero-order chi connectivity index (χ0) is 21.1. The van der Waals surface area contributed by atoms with Crippen molar-refractivity contribution in [2.24, 2.45) is 5.92 Å². The van der Waals surface area contributed by atoms with E-state index in [1.165, 1.54) is 29.7 Å². The third kappa shape index (κ3) is 4.22. The molecule has 5 nitrogen and oxygen atoms in total. The predicted octanol–water partition coefficient (Wildman–Crippen LogP) is 5.27. The topological polar surface area (TPSA) is 72.2 Å². The van der Waals surface area contributed by atoms with Gasteiger partial charge in [0, 0.05) is 16.5 Å². The third-order valence-corrected chi connectivity index (χ3v) is 6.21. The lowest BCUT2D eigenvalue weighted by Gasteiger charge is -2.08. The van der Waals surface area contributed by atoms with Gasteiger partial charge in [-0.15, -0.1) is 11.3 Å². The van der Waals surface area contributed by atoms with Crippen molar-refractivity contribution in [2.45, 2.75) is 25.2 Å². The third-order valence-electron chi connectivity index (χ3n) is 5.30. The molecule has 6 heteroatoms. The summed E-state index contributed by atoms with van der Waals surface area (Å²) in [7, 11) is 3.16. The second-order valence-corrected chi connectivity index (χ2v) is 8.30. The number of aromatic nitrogens is 1. The second-order valence-electron chi connectivity index (χ2n) is 7.41. The SMILES string of the molecule is COc1ccc(-c2csc(C(C#N)C(=O)c3ccc(CC4CC4)cc3)n2)cc1OC. The smallest absolute Gasteiger partial charge is 0.186 e. The molecule has 0 bridgehead atoms. The molecule has 1 heterocycles. The molecule has 4 rings (SSSR count). The number of benzene rings is 2. The summed E-state index contributed by atoms with van der Waals surface area (Å²) in [5, 5.41) is 12.0. The Labute approximate surface area is 179 Å². The molecule has 3 aromatic rings. The Morgan fingerprint density at radius 1 is 1.17 bits per heavy atom. The predicted molar refractivity (Wildman–Crippen MR) is 116 cm³/mol. The molecule has 0 aliphatic heterocycles. The summed E-state index contributed by atoms with van der Waals surface area (Å²) in [5.74, 6) is 0.890. The maximum Gasteiger partial charge on any atom is 0.186 e. The van der Waals surface area contributed by atoms with Crippen LogP contribution in [0.5, 0.6) is 11.5 Å². The van der Waals surface area contributed by atoms with Crippen LogP contribution in [-0.2, 0) is 6.42 Å². The van der Waals surface area contributed by atoms with Gasteiger partial charge in [0.15, 0.2) is 23.2 Å². The van der Waals surface area contributed by atoms with Gasteiger partial charge in [-0.3, -0.25) is 4.79 Å². The van der Waals surface area contributed by atoms with E-state index >= 15 is 0 Å². The molecule has 1 unspecified atom stereocenters. The fourth-order valence-electron chi connectivity index (χ4n) is 3.40. The Kier molecular flexibility index (Phi) is 5.82. The molecule has 0 spiro atoms. The zero-order valence-electron chi connectivity index (χ0n) is 16.9. The number of nitrogens with zero attached hydrogens (tertiary/aromatic N) is 2. The number of thiazole rings is 1. The molecule has 2 aromatic carbocycles. The normalized spacial score (nSPS) is 14.0. The highest BCUT2D eigenvalue weighted by Crippen LogP contribution is 2.35. The number of nitriles is 1. The van der Waals surface area contributed by atoms with Crippen LogP contribution in [0.15, 0.2) is 47.8 Å². The van der Waals surface area contributed by atoms with Gasteiger partial charge >= 0.3 is 0 Å². The van der Waals surface area contributed by atoms with E-state index in [0.717, 1.165) is 17.9 Å². The number of hydrogen-bond acceptors (Lipinski definition) is 6. The number of rotatable bonds is 8. The standard InChI is InChI=1S/C24H22N2O3S/c1-28-21-10-9-18(12-22(21)29-2)20-14-30-24(26-20)19(13-25)23(27)17-7-5-16(6-8-17)11-15-3-4-15/h5-10,12,14-15,19H,3-4,11H2,1-2H3. The van der Waals surface area contributed by atoms with Crippen molar-refractivity contribution < 1.29 is 14.3 Å². The number of ketones is 1. The van der Waals surface area contributed by atoms with E-state index < -0.39 is 5.92 Å². The highest BCUT2D eigenvalue weighted by atomic mass is 32.1. The van der Waals surface area contributed by atoms with Gasteiger partial charge in [0.05, 0.1) is 26.0 Å². The average Bonchev–Trinajstić information content (AvgIpc) is 3.47. The van der Waals surface area contributed by atoms with Crippen LogP contribution in [0.4, 0.5) is 0 Å². The van der Waals surface area contributed by atoms with Crippen LogP contribution >= 0.6 is 11.3 Å². The van der Waals surface area contributed by atoms with Gasteiger partial charge < -0.3 is 9.47 Å². The largest absolute Gasteiger partial charge is 0.493 e.